The van der Waals surface area contributed by atoms with Gasteiger partial charge in [-0.25, -0.2) is 14.4 Å². The molecular formula is C12H8Cl2FN3OS. The summed E-state index contributed by atoms with van der Waals surface area (Å²) in [6.07, 6.45) is 3.14. The molecule has 0 saturated heterocycles. The minimum atomic E-state index is -0.561. The summed E-state index contributed by atoms with van der Waals surface area (Å²) in [4.78, 5) is 20.0. The van der Waals surface area contributed by atoms with Crippen LogP contribution < -0.4 is 5.32 Å². The average Bonchev–Trinajstić information content (AvgIpc) is 2.43. The summed E-state index contributed by atoms with van der Waals surface area (Å²) >= 11 is 12.8. The van der Waals surface area contributed by atoms with Crippen LogP contribution in [0.3, 0.4) is 0 Å². The monoisotopic (exact) mass is 331 g/mol. The highest BCUT2D eigenvalue weighted by molar-refractivity contribution is 7.98. The second kappa shape index (κ2) is 6.39. The van der Waals surface area contributed by atoms with Crippen LogP contribution in [0.15, 0.2) is 29.6 Å². The second-order valence-electron chi connectivity index (χ2n) is 3.64. The third-order valence-electron chi connectivity index (χ3n) is 2.30. The molecule has 0 radical (unpaired) electrons. The van der Waals surface area contributed by atoms with Gasteiger partial charge in [-0.05, 0) is 24.5 Å². The predicted octanol–water partition coefficient (Wildman–Crippen LogP) is 3.90. The molecule has 4 nitrogen and oxygen atoms in total. The number of aromatic nitrogens is 2. The van der Waals surface area contributed by atoms with Crippen LogP contribution in [0, 0.1) is 5.82 Å². The molecule has 0 bridgehead atoms. The van der Waals surface area contributed by atoms with Crippen LogP contribution >= 0.6 is 35.0 Å². The number of amides is 1. The fourth-order valence-corrected chi connectivity index (χ4v) is 2.07. The van der Waals surface area contributed by atoms with E-state index >= 15 is 0 Å². The van der Waals surface area contributed by atoms with E-state index in [2.05, 4.69) is 15.3 Å². The van der Waals surface area contributed by atoms with E-state index in [-0.39, 0.29) is 15.7 Å². The normalized spacial score (nSPS) is 10.4. The number of benzene rings is 1. The number of thioether (sulfide) groups is 1. The molecule has 0 aliphatic rings. The fourth-order valence-electron chi connectivity index (χ4n) is 1.37. The lowest BCUT2D eigenvalue weighted by Crippen LogP contribution is -2.15. The first-order valence-electron chi connectivity index (χ1n) is 5.34. The molecule has 0 aliphatic heterocycles. The lowest BCUT2D eigenvalue weighted by atomic mass is 10.3. The first-order chi connectivity index (χ1) is 9.51. The molecule has 1 amide bonds. The second-order valence-corrected chi connectivity index (χ2v) is 5.22. The molecule has 20 heavy (non-hydrogen) atoms. The maximum Gasteiger partial charge on any atom is 0.275 e. The maximum atomic E-state index is 13.0. The van der Waals surface area contributed by atoms with Crippen LogP contribution in [0.1, 0.15) is 10.5 Å². The largest absolute Gasteiger partial charge is 0.321 e. The Labute approximate surface area is 128 Å². The topological polar surface area (TPSA) is 54.9 Å². The molecule has 104 valence electrons. The Balaban J connectivity index is 2.25. The Morgan fingerprint density at radius 2 is 2.10 bits per heavy atom. The van der Waals surface area contributed by atoms with E-state index in [1.54, 1.807) is 6.26 Å². The Morgan fingerprint density at radius 3 is 2.75 bits per heavy atom. The van der Waals surface area contributed by atoms with Gasteiger partial charge in [0, 0.05) is 5.69 Å². The van der Waals surface area contributed by atoms with E-state index in [1.807, 2.05) is 0 Å². The SMILES string of the molecule is CSc1ncc(Cl)c(C(=O)Nc2ccc(F)c(Cl)c2)n1. The van der Waals surface area contributed by atoms with Crippen molar-refractivity contribution in [2.24, 2.45) is 0 Å². The number of carbonyl (C=O) groups is 1. The quantitative estimate of drug-likeness (QED) is 0.684. The highest BCUT2D eigenvalue weighted by Crippen LogP contribution is 2.21. The number of nitrogens with zero attached hydrogens (tertiary/aromatic N) is 2. The Hall–Kier alpha value is -1.37. The van der Waals surface area contributed by atoms with Crippen LogP contribution in [0.4, 0.5) is 10.1 Å². The van der Waals surface area contributed by atoms with Gasteiger partial charge in [-0.1, -0.05) is 35.0 Å². The molecule has 0 fully saturated rings. The summed E-state index contributed by atoms with van der Waals surface area (Å²) in [6.45, 7) is 0. The summed E-state index contributed by atoms with van der Waals surface area (Å²) in [5, 5.41) is 3.02. The van der Waals surface area contributed by atoms with Crippen molar-refractivity contribution in [1.29, 1.82) is 0 Å². The van der Waals surface area contributed by atoms with Gasteiger partial charge in [0.15, 0.2) is 10.9 Å². The van der Waals surface area contributed by atoms with Crippen molar-refractivity contribution in [2.75, 3.05) is 11.6 Å². The lowest BCUT2D eigenvalue weighted by Gasteiger charge is -2.07. The smallest absolute Gasteiger partial charge is 0.275 e. The van der Waals surface area contributed by atoms with Gasteiger partial charge in [0.1, 0.15) is 5.82 Å². The zero-order valence-electron chi connectivity index (χ0n) is 10.2. The first-order valence-corrected chi connectivity index (χ1v) is 7.32. The number of halogens is 3. The summed E-state index contributed by atoms with van der Waals surface area (Å²) < 4.78 is 13.0. The van der Waals surface area contributed by atoms with E-state index < -0.39 is 11.7 Å². The standard InChI is InChI=1S/C12H8Cl2FN3OS/c1-20-12-16-5-8(14)10(18-12)11(19)17-6-2-3-9(15)7(13)4-6/h2-5H,1H3,(H,17,19). The van der Waals surface area contributed by atoms with Crippen LogP contribution in [0.25, 0.3) is 0 Å². The van der Waals surface area contributed by atoms with Crippen LogP contribution in [0.2, 0.25) is 10.0 Å². The molecule has 0 aliphatic carbocycles. The molecule has 8 heteroatoms. The third-order valence-corrected chi connectivity index (χ3v) is 3.43. The van der Waals surface area contributed by atoms with E-state index in [1.165, 1.54) is 30.1 Å². The Bertz CT molecular complexity index is 669. The lowest BCUT2D eigenvalue weighted by molar-refractivity contribution is 0.102. The molecular weight excluding hydrogens is 324 g/mol. The minimum Gasteiger partial charge on any atom is -0.321 e. The van der Waals surface area contributed by atoms with Gasteiger partial charge in [-0.15, -0.1) is 0 Å². The molecule has 0 saturated carbocycles. The van der Waals surface area contributed by atoms with Crippen molar-refractivity contribution in [2.45, 2.75) is 5.16 Å². The maximum absolute atomic E-state index is 13.0. The summed E-state index contributed by atoms with van der Waals surface area (Å²) in [5.41, 5.74) is 0.397. The van der Waals surface area contributed by atoms with E-state index in [9.17, 15) is 9.18 Å². The van der Waals surface area contributed by atoms with Gasteiger partial charge in [0.05, 0.1) is 16.2 Å². The van der Waals surface area contributed by atoms with Gasteiger partial charge < -0.3 is 5.32 Å². The number of nitrogens with one attached hydrogen (secondary N) is 1. The molecule has 1 heterocycles. The highest BCUT2D eigenvalue weighted by Gasteiger charge is 2.14. The minimum absolute atomic E-state index is 0.0477. The van der Waals surface area contributed by atoms with Crippen molar-refractivity contribution in [3.63, 3.8) is 0 Å². The summed E-state index contributed by atoms with van der Waals surface area (Å²) in [5.74, 6) is -1.08. The molecule has 0 atom stereocenters. The van der Waals surface area contributed by atoms with Crippen molar-refractivity contribution in [3.05, 3.63) is 46.0 Å². The molecule has 2 aromatic rings. The van der Waals surface area contributed by atoms with Crippen molar-refractivity contribution in [3.8, 4) is 0 Å². The van der Waals surface area contributed by atoms with E-state index in [4.69, 9.17) is 23.2 Å². The molecule has 1 N–H and O–H groups in total. The number of hydrogen-bond donors (Lipinski definition) is 1. The molecule has 1 aromatic carbocycles. The predicted molar refractivity (Wildman–Crippen MR) is 78.2 cm³/mol. The summed E-state index contributed by atoms with van der Waals surface area (Å²) in [6, 6.07) is 3.86. The molecule has 2 rings (SSSR count). The van der Waals surface area contributed by atoms with Crippen LogP contribution in [-0.2, 0) is 0 Å². The van der Waals surface area contributed by atoms with Crippen LogP contribution in [0.5, 0.6) is 0 Å². The van der Waals surface area contributed by atoms with Gasteiger partial charge >= 0.3 is 0 Å². The summed E-state index contributed by atoms with van der Waals surface area (Å²) in [7, 11) is 0. The zero-order chi connectivity index (χ0) is 14.7. The van der Waals surface area contributed by atoms with Crippen molar-refractivity contribution in [1.82, 2.24) is 9.97 Å². The zero-order valence-corrected chi connectivity index (χ0v) is 12.5. The number of carbonyl (C=O) groups excluding carboxylic acids is 1. The van der Waals surface area contributed by atoms with Crippen molar-refractivity contribution >= 4 is 46.6 Å². The Morgan fingerprint density at radius 1 is 1.35 bits per heavy atom. The third kappa shape index (κ3) is 3.39. The van der Waals surface area contributed by atoms with Crippen LogP contribution in [-0.4, -0.2) is 22.1 Å². The average molecular weight is 332 g/mol. The van der Waals surface area contributed by atoms with E-state index in [0.29, 0.717) is 10.8 Å². The molecule has 1 aromatic heterocycles. The highest BCUT2D eigenvalue weighted by atomic mass is 35.5. The van der Waals surface area contributed by atoms with E-state index in [0.717, 1.165) is 6.07 Å². The molecule has 0 spiro atoms. The van der Waals surface area contributed by atoms with Gasteiger partial charge in [0.2, 0.25) is 0 Å². The Kier molecular flexibility index (Phi) is 4.80. The van der Waals surface area contributed by atoms with Gasteiger partial charge in [-0.3, -0.25) is 4.79 Å². The molecule has 0 unspecified atom stereocenters. The number of rotatable bonds is 3. The van der Waals surface area contributed by atoms with Crippen molar-refractivity contribution < 1.29 is 9.18 Å². The van der Waals surface area contributed by atoms with Gasteiger partial charge in [0.25, 0.3) is 5.91 Å². The first kappa shape index (κ1) is 15.0. The fraction of sp³-hybridized carbons (Fsp3) is 0.0833. The number of hydrogen-bond acceptors (Lipinski definition) is 4. The number of anilines is 1. The van der Waals surface area contributed by atoms with Gasteiger partial charge in [-0.2, -0.15) is 0 Å².